The fourth-order valence-electron chi connectivity index (χ4n) is 4.22. The van der Waals surface area contributed by atoms with Crippen LogP contribution < -0.4 is 10.2 Å². The molecule has 1 aromatic carbocycles. The average molecular weight is 446 g/mol. The van der Waals surface area contributed by atoms with Crippen molar-refractivity contribution in [3.8, 4) is 5.75 Å². The fourth-order valence-corrected chi connectivity index (χ4v) is 5.96. The Morgan fingerprint density at radius 3 is 2.70 bits per heavy atom. The van der Waals surface area contributed by atoms with Crippen LogP contribution in [0.3, 0.4) is 0 Å². The van der Waals surface area contributed by atoms with Gasteiger partial charge in [0.25, 0.3) is 0 Å². The van der Waals surface area contributed by atoms with Gasteiger partial charge in [-0.05, 0) is 55.1 Å². The fraction of sp³-hybridized carbons (Fsp3) is 0.455. The van der Waals surface area contributed by atoms with E-state index in [9.17, 15) is 9.90 Å². The Bertz CT molecular complexity index is 951. The first-order chi connectivity index (χ1) is 14.5. The standard InChI is InChI=1S/C22H27N3O3S2/c1-14-7-8-15-18(13-14)30-20(19(15)21(27)28-2)23-22(29)25-11-9-24(10-12-25)16-5-3-4-6-17(16)26/h3-6,14,26H,7-13H2,1-2H3,(H,23,29)/t14-/m1/s1. The van der Waals surface area contributed by atoms with Gasteiger partial charge in [0.1, 0.15) is 10.8 Å². The Hall–Kier alpha value is -2.32. The summed E-state index contributed by atoms with van der Waals surface area (Å²) in [6.07, 6.45) is 2.99. The maximum atomic E-state index is 12.5. The lowest BCUT2D eigenvalue weighted by atomic mass is 9.88. The molecule has 1 aromatic heterocycles. The van der Waals surface area contributed by atoms with Gasteiger partial charge < -0.3 is 25.0 Å². The Morgan fingerprint density at radius 2 is 2.00 bits per heavy atom. The summed E-state index contributed by atoms with van der Waals surface area (Å²) in [7, 11) is 1.43. The van der Waals surface area contributed by atoms with E-state index < -0.39 is 0 Å². The Kier molecular flexibility index (Phi) is 6.15. The van der Waals surface area contributed by atoms with E-state index in [1.165, 1.54) is 12.0 Å². The van der Waals surface area contributed by atoms with E-state index in [-0.39, 0.29) is 5.97 Å². The topological polar surface area (TPSA) is 65.0 Å². The summed E-state index contributed by atoms with van der Waals surface area (Å²) in [5, 5.41) is 14.9. The summed E-state index contributed by atoms with van der Waals surface area (Å²) in [6, 6.07) is 7.40. The number of hydrogen-bond donors (Lipinski definition) is 2. The minimum absolute atomic E-state index is 0.295. The van der Waals surface area contributed by atoms with E-state index in [1.54, 1.807) is 17.4 Å². The number of esters is 1. The number of aromatic hydroxyl groups is 1. The monoisotopic (exact) mass is 445 g/mol. The molecule has 30 heavy (non-hydrogen) atoms. The molecular weight excluding hydrogens is 418 g/mol. The van der Waals surface area contributed by atoms with Crippen LogP contribution in [0.5, 0.6) is 5.75 Å². The summed E-state index contributed by atoms with van der Waals surface area (Å²) < 4.78 is 5.07. The number of para-hydroxylation sites is 2. The molecule has 1 saturated heterocycles. The van der Waals surface area contributed by atoms with Crippen LogP contribution in [0.1, 0.15) is 34.1 Å². The number of methoxy groups -OCH3 is 1. The van der Waals surface area contributed by atoms with Crippen molar-refractivity contribution in [1.82, 2.24) is 4.90 Å². The smallest absolute Gasteiger partial charge is 0.341 e. The first-order valence-corrected chi connectivity index (χ1v) is 11.5. The molecule has 1 fully saturated rings. The summed E-state index contributed by atoms with van der Waals surface area (Å²) in [5.74, 6) is 0.633. The van der Waals surface area contributed by atoms with Crippen molar-refractivity contribution in [2.75, 3.05) is 43.5 Å². The predicted molar refractivity (Wildman–Crippen MR) is 125 cm³/mol. The van der Waals surface area contributed by atoms with E-state index >= 15 is 0 Å². The molecule has 2 N–H and O–H groups in total. The maximum Gasteiger partial charge on any atom is 0.341 e. The van der Waals surface area contributed by atoms with Gasteiger partial charge >= 0.3 is 5.97 Å². The molecule has 160 valence electrons. The molecule has 8 heteroatoms. The maximum absolute atomic E-state index is 12.5. The number of ether oxygens (including phenoxy) is 1. The van der Waals surface area contributed by atoms with Gasteiger partial charge in [0, 0.05) is 31.1 Å². The largest absolute Gasteiger partial charge is 0.506 e. The quantitative estimate of drug-likeness (QED) is 0.549. The zero-order chi connectivity index (χ0) is 21.3. The predicted octanol–water partition coefficient (Wildman–Crippen LogP) is 3.88. The molecule has 0 amide bonds. The zero-order valence-electron chi connectivity index (χ0n) is 17.3. The molecule has 2 aliphatic rings. The van der Waals surface area contributed by atoms with Gasteiger partial charge in [-0.15, -0.1) is 11.3 Å². The van der Waals surface area contributed by atoms with Gasteiger partial charge in [-0.2, -0.15) is 0 Å². The number of nitrogens with zero attached hydrogens (tertiary/aromatic N) is 2. The number of thiocarbonyl (C=S) groups is 1. The van der Waals surface area contributed by atoms with Crippen molar-refractivity contribution < 1.29 is 14.6 Å². The lowest BCUT2D eigenvalue weighted by Crippen LogP contribution is -2.50. The second-order valence-electron chi connectivity index (χ2n) is 7.94. The van der Waals surface area contributed by atoms with Crippen LogP contribution in [-0.2, 0) is 17.6 Å². The van der Waals surface area contributed by atoms with Crippen molar-refractivity contribution in [2.45, 2.75) is 26.2 Å². The van der Waals surface area contributed by atoms with Gasteiger partial charge in [0.15, 0.2) is 5.11 Å². The third-order valence-electron chi connectivity index (χ3n) is 5.91. The first kappa shape index (κ1) is 20.9. The first-order valence-electron chi connectivity index (χ1n) is 10.3. The van der Waals surface area contributed by atoms with Crippen molar-refractivity contribution >= 4 is 45.3 Å². The number of fused-ring (bicyclic) bond motifs is 1. The molecule has 4 rings (SSSR count). The number of phenolic OH excluding ortho intramolecular Hbond substituents is 1. The van der Waals surface area contributed by atoms with E-state index in [4.69, 9.17) is 17.0 Å². The van der Waals surface area contributed by atoms with E-state index in [0.29, 0.717) is 22.3 Å². The van der Waals surface area contributed by atoms with Crippen LogP contribution in [0.25, 0.3) is 0 Å². The average Bonchev–Trinajstić information content (AvgIpc) is 3.10. The molecule has 0 unspecified atom stereocenters. The number of benzene rings is 1. The highest BCUT2D eigenvalue weighted by Crippen LogP contribution is 2.40. The number of carbonyl (C=O) groups is 1. The van der Waals surface area contributed by atoms with E-state index in [1.807, 2.05) is 18.2 Å². The third kappa shape index (κ3) is 4.11. The summed E-state index contributed by atoms with van der Waals surface area (Å²) in [5.41, 5.74) is 2.63. The van der Waals surface area contributed by atoms with Crippen LogP contribution in [0, 0.1) is 5.92 Å². The van der Waals surface area contributed by atoms with E-state index in [2.05, 4.69) is 22.0 Å². The molecule has 2 heterocycles. The third-order valence-corrected chi connectivity index (χ3v) is 7.44. The Morgan fingerprint density at radius 1 is 1.27 bits per heavy atom. The Balaban J connectivity index is 1.46. The van der Waals surface area contributed by atoms with Crippen LogP contribution in [0.2, 0.25) is 0 Å². The van der Waals surface area contributed by atoms with Crippen LogP contribution >= 0.6 is 23.6 Å². The highest BCUT2D eigenvalue weighted by molar-refractivity contribution is 7.80. The summed E-state index contributed by atoms with van der Waals surface area (Å²) in [6.45, 7) is 5.28. The molecule has 0 radical (unpaired) electrons. The number of rotatable bonds is 3. The SMILES string of the molecule is COC(=O)c1c(NC(=S)N2CCN(c3ccccc3O)CC2)sc2c1CC[C@@H](C)C2. The highest BCUT2D eigenvalue weighted by Gasteiger charge is 2.29. The number of anilines is 2. The molecule has 0 bridgehead atoms. The summed E-state index contributed by atoms with van der Waals surface area (Å²) in [4.78, 5) is 18.0. The van der Waals surface area contributed by atoms with Crippen molar-refractivity contribution in [2.24, 2.45) is 5.92 Å². The lowest BCUT2D eigenvalue weighted by Gasteiger charge is -2.37. The minimum atomic E-state index is -0.295. The second-order valence-corrected chi connectivity index (χ2v) is 9.43. The van der Waals surface area contributed by atoms with Gasteiger partial charge in [-0.25, -0.2) is 4.79 Å². The Labute approximate surface area is 186 Å². The van der Waals surface area contributed by atoms with Gasteiger partial charge in [-0.1, -0.05) is 19.1 Å². The molecule has 1 aliphatic carbocycles. The number of thiophene rings is 1. The molecular formula is C22H27N3O3S2. The van der Waals surface area contributed by atoms with Gasteiger partial charge in [-0.3, -0.25) is 0 Å². The van der Waals surface area contributed by atoms with Gasteiger partial charge in [0.05, 0.1) is 18.4 Å². The number of phenols is 1. The molecule has 2 aromatic rings. The highest BCUT2D eigenvalue weighted by atomic mass is 32.1. The number of hydrogen-bond acceptors (Lipinski definition) is 6. The lowest BCUT2D eigenvalue weighted by molar-refractivity contribution is 0.0601. The normalized spacial score (nSPS) is 18.7. The molecule has 6 nitrogen and oxygen atoms in total. The molecule has 0 saturated carbocycles. The number of carbonyl (C=O) groups excluding carboxylic acids is 1. The van der Waals surface area contributed by atoms with E-state index in [0.717, 1.165) is 61.7 Å². The van der Waals surface area contributed by atoms with Crippen LogP contribution in [-0.4, -0.2) is 54.4 Å². The number of piperazine rings is 1. The van der Waals surface area contributed by atoms with Crippen LogP contribution in [0.4, 0.5) is 10.7 Å². The van der Waals surface area contributed by atoms with Crippen LogP contribution in [0.15, 0.2) is 24.3 Å². The van der Waals surface area contributed by atoms with Crippen molar-refractivity contribution in [3.63, 3.8) is 0 Å². The van der Waals surface area contributed by atoms with Crippen molar-refractivity contribution in [1.29, 1.82) is 0 Å². The van der Waals surface area contributed by atoms with Gasteiger partial charge in [0.2, 0.25) is 0 Å². The molecule has 1 atom stereocenters. The number of nitrogens with one attached hydrogen (secondary N) is 1. The molecule has 0 spiro atoms. The molecule has 1 aliphatic heterocycles. The summed E-state index contributed by atoms with van der Waals surface area (Å²) >= 11 is 7.32. The minimum Gasteiger partial charge on any atom is -0.506 e. The second kappa shape index (κ2) is 8.81. The zero-order valence-corrected chi connectivity index (χ0v) is 18.9. The van der Waals surface area contributed by atoms with Crippen molar-refractivity contribution in [3.05, 3.63) is 40.3 Å².